The summed E-state index contributed by atoms with van der Waals surface area (Å²) < 4.78 is 47.6. The first-order valence-electron chi connectivity index (χ1n) is 12.3. The molecule has 0 spiro atoms. The lowest BCUT2D eigenvalue weighted by molar-refractivity contribution is 0.296. The van der Waals surface area contributed by atoms with Crippen LogP contribution < -0.4 is 22.5 Å². The quantitative estimate of drug-likeness (QED) is 0.237. The van der Waals surface area contributed by atoms with Gasteiger partial charge in [0.15, 0.2) is 11.5 Å². The number of anilines is 1. The Labute approximate surface area is 215 Å². The Balaban J connectivity index is 1.94. The zero-order chi connectivity index (χ0) is 25.6. The SMILES string of the molecule is CCCCCCCCOc1ccc(C)cc1OS(=O)Nc1ccc(C)c(OS(=O)NCC(C)C)c1. The normalized spacial score (nSPS) is 12.9. The van der Waals surface area contributed by atoms with Gasteiger partial charge < -0.3 is 13.1 Å². The van der Waals surface area contributed by atoms with Gasteiger partial charge in [-0.1, -0.05) is 65.0 Å². The lowest BCUT2D eigenvalue weighted by atomic mass is 10.1. The molecule has 0 heterocycles. The fourth-order valence-corrected chi connectivity index (χ4v) is 4.69. The first kappa shape index (κ1) is 29.1. The molecule has 2 unspecified atom stereocenters. The second-order valence-electron chi connectivity index (χ2n) is 9.03. The van der Waals surface area contributed by atoms with E-state index < -0.39 is 22.5 Å². The van der Waals surface area contributed by atoms with Crippen molar-refractivity contribution in [2.75, 3.05) is 17.9 Å². The molecule has 2 rings (SSSR count). The smallest absolute Gasteiger partial charge is 0.316 e. The average Bonchev–Trinajstić information content (AvgIpc) is 2.80. The van der Waals surface area contributed by atoms with Crippen molar-refractivity contribution in [2.45, 2.75) is 73.1 Å². The van der Waals surface area contributed by atoms with Crippen LogP contribution in [-0.2, 0) is 22.5 Å². The summed E-state index contributed by atoms with van der Waals surface area (Å²) in [5.41, 5.74) is 2.31. The fourth-order valence-electron chi connectivity index (χ4n) is 3.16. The van der Waals surface area contributed by atoms with Crippen LogP contribution in [-0.4, -0.2) is 21.6 Å². The van der Waals surface area contributed by atoms with Crippen LogP contribution in [0.4, 0.5) is 5.69 Å². The molecule has 2 aromatic rings. The van der Waals surface area contributed by atoms with Crippen LogP contribution in [0.5, 0.6) is 17.2 Å². The summed E-state index contributed by atoms with van der Waals surface area (Å²) in [4.78, 5) is 0. The van der Waals surface area contributed by atoms with E-state index in [2.05, 4.69) is 16.4 Å². The number of unbranched alkanes of at least 4 members (excludes halogenated alkanes) is 5. The summed E-state index contributed by atoms with van der Waals surface area (Å²) in [5, 5.41) is 0. The van der Waals surface area contributed by atoms with Gasteiger partial charge in [0.25, 0.3) is 11.3 Å². The van der Waals surface area contributed by atoms with E-state index in [1.54, 1.807) is 18.2 Å². The van der Waals surface area contributed by atoms with Gasteiger partial charge in [0.1, 0.15) is 5.75 Å². The molecular formula is C26H40N2O5S2. The molecule has 0 saturated heterocycles. The van der Waals surface area contributed by atoms with Crippen LogP contribution in [0.15, 0.2) is 36.4 Å². The second-order valence-corrected chi connectivity index (χ2v) is 10.8. The summed E-state index contributed by atoms with van der Waals surface area (Å²) in [7, 11) is 0. The zero-order valence-electron chi connectivity index (χ0n) is 21.6. The minimum Gasteiger partial charge on any atom is -0.490 e. The highest BCUT2D eigenvalue weighted by molar-refractivity contribution is 7.82. The van der Waals surface area contributed by atoms with Gasteiger partial charge in [-0.2, -0.15) is 8.42 Å². The van der Waals surface area contributed by atoms with E-state index in [1.165, 1.54) is 25.7 Å². The highest BCUT2D eigenvalue weighted by Crippen LogP contribution is 2.30. The minimum absolute atomic E-state index is 0.345. The van der Waals surface area contributed by atoms with Crippen LogP contribution in [0.25, 0.3) is 0 Å². The average molecular weight is 525 g/mol. The number of hydrogen-bond donors (Lipinski definition) is 2. The van der Waals surface area contributed by atoms with E-state index in [-0.39, 0.29) is 0 Å². The van der Waals surface area contributed by atoms with Crippen molar-refractivity contribution in [3.63, 3.8) is 0 Å². The Hall–Kier alpha value is -2.10. The van der Waals surface area contributed by atoms with Crippen molar-refractivity contribution in [2.24, 2.45) is 5.92 Å². The predicted molar refractivity (Wildman–Crippen MR) is 145 cm³/mol. The molecule has 0 saturated carbocycles. The van der Waals surface area contributed by atoms with Gasteiger partial charge in [-0.15, -0.1) is 0 Å². The lowest BCUT2D eigenvalue weighted by Gasteiger charge is -2.14. The first-order valence-corrected chi connectivity index (χ1v) is 14.5. The standard InChI is InChI=1S/C26H40N2O5S2/c1-6-7-8-9-10-11-16-31-24-15-12-21(4)17-26(24)33-35(30)28-23-14-13-22(5)25(18-23)32-34(29)27-19-20(2)3/h12-15,17-18,20,27-28H,6-11,16,19H2,1-5H3. The van der Waals surface area contributed by atoms with E-state index in [4.69, 9.17) is 13.1 Å². The van der Waals surface area contributed by atoms with Gasteiger partial charge in [-0.3, -0.25) is 4.72 Å². The van der Waals surface area contributed by atoms with Crippen molar-refractivity contribution >= 4 is 28.2 Å². The molecule has 0 fully saturated rings. The third kappa shape index (κ3) is 11.5. The van der Waals surface area contributed by atoms with Crippen molar-refractivity contribution in [3.05, 3.63) is 47.5 Å². The predicted octanol–water partition coefficient (Wildman–Crippen LogP) is 6.32. The maximum atomic E-state index is 12.7. The number of rotatable bonds is 17. The van der Waals surface area contributed by atoms with Crippen molar-refractivity contribution in [1.29, 1.82) is 0 Å². The molecule has 35 heavy (non-hydrogen) atoms. The number of ether oxygens (including phenoxy) is 1. The molecule has 196 valence electrons. The molecule has 0 amide bonds. The Kier molecular flexibility index (Phi) is 13.2. The number of benzene rings is 2. The monoisotopic (exact) mass is 524 g/mol. The Morgan fingerprint density at radius 2 is 1.54 bits per heavy atom. The van der Waals surface area contributed by atoms with E-state index in [0.717, 1.165) is 24.0 Å². The third-order valence-electron chi connectivity index (χ3n) is 5.18. The number of aryl methyl sites for hydroxylation is 2. The van der Waals surface area contributed by atoms with Crippen LogP contribution in [0.3, 0.4) is 0 Å². The Bertz CT molecular complexity index is 969. The number of nitrogens with one attached hydrogen (secondary N) is 2. The maximum absolute atomic E-state index is 12.7. The van der Waals surface area contributed by atoms with Gasteiger partial charge >= 0.3 is 11.3 Å². The molecular weight excluding hydrogens is 484 g/mol. The summed E-state index contributed by atoms with van der Waals surface area (Å²) in [6.45, 7) is 11.2. The van der Waals surface area contributed by atoms with Gasteiger partial charge in [-0.05, 0) is 55.5 Å². The van der Waals surface area contributed by atoms with Crippen molar-refractivity contribution < 1.29 is 21.5 Å². The van der Waals surface area contributed by atoms with E-state index in [0.29, 0.717) is 42.0 Å². The van der Waals surface area contributed by atoms with Gasteiger partial charge in [-0.25, -0.2) is 4.72 Å². The maximum Gasteiger partial charge on any atom is 0.316 e. The van der Waals surface area contributed by atoms with Crippen LogP contribution in [0.2, 0.25) is 0 Å². The van der Waals surface area contributed by atoms with Crippen LogP contribution >= 0.6 is 0 Å². The molecule has 0 aliphatic heterocycles. The molecule has 0 aliphatic carbocycles. The molecule has 0 aliphatic rings. The lowest BCUT2D eigenvalue weighted by Crippen LogP contribution is -2.25. The molecule has 0 radical (unpaired) electrons. The third-order valence-corrected chi connectivity index (χ3v) is 6.65. The van der Waals surface area contributed by atoms with Gasteiger partial charge in [0, 0.05) is 12.6 Å². The molecule has 7 nitrogen and oxygen atoms in total. The molecule has 2 N–H and O–H groups in total. The largest absolute Gasteiger partial charge is 0.490 e. The summed E-state index contributed by atoms with van der Waals surface area (Å²) in [5.74, 6) is 1.76. The van der Waals surface area contributed by atoms with Gasteiger partial charge in [0.05, 0.1) is 12.3 Å². The summed E-state index contributed by atoms with van der Waals surface area (Å²) >= 11 is -3.54. The highest BCUT2D eigenvalue weighted by atomic mass is 32.2. The van der Waals surface area contributed by atoms with Crippen molar-refractivity contribution in [1.82, 2.24) is 4.72 Å². The number of hydrogen-bond acceptors (Lipinski definition) is 5. The summed E-state index contributed by atoms with van der Waals surface area (Å²) in [6.07, 6.45) is 7.08. The second kappa shape index (κ2) is 15.8. The minimum atomic E-state index is -1.87. The Morgan fingerprint density at radius 1 is 0.829 bits per heavy atom. The molecule has 0 aromatic heterocycles. The zero-order valence-corrected chi connectivity index (χ0v) is 23.2. The van der Waals surface area contributed by atoms with Crippen LogP contribution in [0, 0.1) is 19.8 Å². The highest BCUT2D eigenvalue weighted by Gasteiger charge is 2.13. The van der Waals surface area contributed by atoms with E-state index in [9.17, 15) is 8.42 Å². The molecule has 2 aromatic carbocycles. The van der Waals surface area contributed by atoms with Crippen molar-refractivity contribution in [3.8, 4) is 17.2 Å². The first-order chi connectivity index (χ1) is 16.8. The topological polar surface area (TPSA) is 85.9 Å². The van der Waals surface area contributed by atoms with E-state index in [1.807, 2.05) is 45.9 Å². The van der Waals surface area contributed by atoms with Crippen LogP contribution in [0.1, 0.15) is 70.4 Å². The molecule has 9 heteroatoms. The summed E-state index contributed by atoms with van der Waals surface area (Å²) in [6, 6.07) is 10.8. The fraction of sp³-hybridized carbons (Fsp3) is 0.538. The Morgan fingerprint density at radius 3 is 2.29 bits per heavy atom. The molecule has 0 bridgehead atoms. The van der Waals surface area contributed by atoms with Gasteiger partial charge in [0.2, 0.25) is 0 Å². The molecule has 2 atom stereocenters. The van der Waals surface area contributed by atoms with E-state index >= 15 is 0 Å².